The third-order valence-electron chi connectivity index (χ3n) is 6.89. The minimum atomic E-state index is 0.370. The zero-order valence-corrected chi connectivity index (χ0v) is 16.6. The van der Waals surface area contributed by atoms with E-state index in [1.807, 2.05) is 0 Å². The average Bonchev–Trinajstić information content (AvgIpc) is 3.13. The number of piperidine rings is 2. The van der Waals surface area contributed by atoms with Gasteiger partial charge in [0.2, 0.25) is 5.91 Å². The first kappa shape index (κ1) is 18.7. The second kappa shape index (κ2) is 8.15. The summed E-state index contributed by atoms with van der Waals surface area (Å²) in [5, 5.41) is 0. The van der Waals surface area contributed by atoms with Crippen molar-refractivity contribution >= 4 is 12.0 Å². The summed E-state index contributed by atoms with van der Waals surface area (Å²) in [6, 6.07) is 11.0. The highest BCUT2D eigenvalue weighted by Crippen LogP contribution is 2.41. The number of nitrogens with zero attached hydrogens (tertiary/aromatic N) is 3. The van der Waals surface area contributed by atoms with Gasteiger partial charge in [0, 0.05) is 32.1 Å². The highest BCUT2D eigenvalue weighted by atomic mass is 16.2. The van der Waals surface area contributed by atoms with E-state index < -0.39 is 0 Å². The van der Waals surface area contributed by atoms with E-state index in [0.717, 1.165) is 58.5 Å². The first-order valence-corrected chi connectivity index (χ1v) is 10.6. The standard InChI is InChI=1S/C23H33N3O/c1-24-15-10-21(18-24)26-19-23(11-9-22(26)27)12-16-25(17-13-23)14-5-8-20-6-3-2-4-7-20/h2-8,21H,9-19H2,1H3. The van der Waals surface area contributed by atoms with Gasteiger partial charge in [-0.3, -0.25) is 9.69 Å². The van der Waals surface area contributed by atoms with Crippen LogP contribution in [-0.2, 0) is 4.79 Å². The number of benzene rings is 1. The maximum atomic E-state index is 12.5. The molecule has 1 aromatic rings. The van der Waals surface area contributed by atoms with E-state index in [2.05, 4.69) is 64.2 Å². The van der Waals surface area contributed by atoms with Crippen LogP contribution in [0.1, 0.15) is 37.7 Å². The van der Waals surface area contributed by atoms with Crippen molar-refractivity contribution in [1.29, 1.82) is 0 Å². The van der Waals surface area contributed by atoms with Crippen LogP contribution < -0.4 is 0 Å². The van der Waals surface area contributed by atoms with Gasteiger partial charge in [-0.05, 0) is 63.3 Å². The van der Waals surface area contributed by atoms with Gasteiger partial charge < -0.3 is 9.80 Å². The van der Waals surface area contributed by atoms with Crippen molar-refractivity contribution in [3.05, 3.63) is 42.0 Å². The summed E-state index contributed by atoms with van der Waals surface area (Å²) >= 11 is 0. The lowest BCUT2D eigenvalue weighted by Crippen LogP contribution is -2.54. The predicted octanol–water partition coefficient (Wildman–Crippen LogP) is 3.11. The zero-order chi connectivity index (χ0) is 18.7. The minimum absolute atomic E-state index is 0.370. The van der Waals surface area contributed by atoms with Crippen molar-refractivity contribution in [1.82, 2.24) is 14.7 Å². The van der Waals surface area contributed by atoms with Crippen molar-refractivity contribution in [3.63, 3.8) is 0 Å². The van der Waals surface area contributed by atoms with Crippen molar-refractivity contribution in [2.24, 2.45) is 5.41 Å². The lowest BCUT2D eigenvalue weighted by atomic mass is 9.72. The number of amides is 1. The Morgan fingerprint density at radius 2 is 1.89 bits per heavy atom. The second-order valence-electron chi connectivity index (χ2n) is 8.84. The first-order chi connectivity index (χ1) is 13.1. The highest BCUT2D eigenvalue weighted by Gasteiger charge is 2.43. The second-order valence-corrected chi connectivity index (χ2v) is 8.84. The quantitative estimate of drug-likeness (QED) is 0.818. The molecule has 3 aliphatic heterocycles. The summed E-state index contributed by atoms with van der Waals surface area (Å²) in [5.74, 6) is 0.397. The van der Waals surface area contributed by atoms with Gasteiger partial charge in [0.25, 0.3) is 0 Å². The number of hydrogen-bond acceptors (Lipinski definition) is 3. The summed E-state index contributed by atoms with van der Waals surface area (Å²) in [6.07, 6.45) is 9.98. The Labute approximate surface area is 163 Å². The third-order valence-corrected chi connectivity index (χ3v) is 6.89. The van der Waals surface area contributed by atoms with Gasteiger partial charge in [-0.1, -0.05) is 42.5 Å². The molecule has 27 heavy (non-hydrogen) atoms. The Balaban J connectivity index is 1.30. The Bertz CT molecular complexity index is 663. The van der Waals surface area contributed by atoms with E-state index in [0.29, 0.717) is 17.4 Å². The topological polar surface area (TPSA) is 26.8 Å². The van der Waals surface area contributed by atoms with Crippen LogP contribution in [0.25, 0.3) is 6.08 Å². The lowest BCUT2D eigenvalue weighted by Gasteiger charge is -2.49. The number of hydrogen-bond donors (Lipinski definition) is 0. The fraction of sp³-hybridized carbons (Fsp3) is 0.609. The van der Waals surface area contributed by atoms with E-state index in [-0.39, 0.29) is 0 Å². The number of rotatable bonds is 4. The van der Waals surface area contributed by atoms with Gasteiger partial charge in [0.15, 0.2) is 0 Å². The molecule has 3 aliphatic rings. The van der Waals surface area contributed by atoms with Gasteiger partial charge in [0.05, 0.1) is 0 Å². The molecule has 0 aliphatic carbocycles. The van der Waals surface area contributed by atoms with Crippen molar-refractivity contribution in [3.8, 4) is 0 Å². The summed E-state index contributed by atoms with van der Waals surface area (Å²) in [4.78, 5) is 19.7. The molecular weight excluding hydrogens is 334 g/mol. The molecule has 3 heterocycles. The molecule has 3 saturated heterocycles. The summed E-state index contributed by atoms with van der Waals surface area (Å²) < 4.78 is 0. The normalized spacial score (nSPS) is 27.1. The van der Waals surface area contributed by atoms with Crippen LogP contribution in [0.3, 0.4) is 0 Å². The number of carbonyl (C=O) groups is 1. The van der Waals surface area contributed by atoms with Crippen LogP contribution in [0, 0.1) is 5.41 Å². The van der Waals surface area contributed by atoms with Crippen molar-refractivity contribution < 1.29 is 4.79 Å². The molecule has 4 rings (SSSR count). The maximum Gasteiger partial charge on any atom is 0.222 e. The zero-order valence-electron chi connectivity index (χ0n) is 16.6. The maximum absolute atomic E-state index is 12.5. The molecule has 1 aromatic carbocycles. The Morgan fingerprint density at radius 1 is 1.11 bits per heavy atom. The number of likely N-dealkylation sites (tertiary alicyclic amines) is 3. The van der Waals surface area contributed by atoms with Gasteiger partial charge in [-0.15, -0.1) is 0 Å². The molecule has 3 fully saturated rings. The molecule has 1 atom stereocenters. The van der Waals surface area contributed by atoms with Crippen LogP contribution >= 0.6 is 0 Å². The van der Waals surface area contributed by atoms with Gasteiger partial charge >= 0.3 is 0 Å². The fourth-order valence-electron chi connectivity index (χ4n) is 5.06. The van der Waals surface area contributed by atoms with Crippen LogP contribution in [-0.4, -0.2) is 73.0 Å². The summed E-state index contributed by atoms with van der Waals surface area (Å²) in [7, 11) is 2.17. The van der Waals surface area contributed by atoms with E-state index in [9.17, 15) is 4.79 Å². The molecule has 0 radical (unpaired) electrons. The minimum Gasteiger partial charge on any atom is -0.338 e. The van der Waals surface area contributed by atoms with E-state index in [1.165, 1.54) is 18.4 Å². The van der Waals surface area contributed by atoms with E-state index in [4.69, 9.17) is 0 Å². The molecule has 1 spiro atoms. The molecular formula is C23H33N3O. The molecule has 1 unspecified atom stereocenters. The Hall–Kier alpha value is -1.65. The number of carbonyl (C=O) groups excluding carboxylic acids is 1. The largest absolute Gasteiger partial charge is 0.338 e. The van der Waals surface area contributed by atoms with Crippen LogP contribution in [0.15, 0.2) is 36.4 Å². The van der Waals surface area contributed by atoms with E-state index in [1.54, 1.807) is 0 Å². The Kier molecular flexibility index (Phi) is 5.65. The molecule has 4 nitrogen and oxygen atoms in total. The highest BCUT2D eigenvalue weighted by molar-refractivity contribution is 5.77. The van der Waals surface area contributed by atoms with E-state index >= 15 is 0 Å². The van der Waals surface area contributed by atoms with Crippen LogP contribution in [0.4, 0.5) is 0 Å². The van der Waals surface area contributed by atoms with Crippen LogP contribution in [0.5, 0.6) is 0 Å². The smallest absolute Gasteiger partial charge is 0.222 e. The fourth-order valence-corrected chi connectivity index (χ4v) is 5.06. The Morgan fingerprint density at radius 3 is 2.59 bits per heavy atom. The molecule has 0 saturated carbocycles. The molecule has 4 heteroatoms. The molecule has 0 aromatic heterocycles. The lowest BCUT2D eigenvalue weighted by molar-refractivity contribution is -0.141. The van der Waals surface area contributed by atoms with Crippen molar-refractivity contribution in [2.75, 3.05) is 46.3 Å². The van der Waals surface area contributed by atoms with Gasteiger partial charge in [0.1, 0.15) is 0 Å². The van der Waals surface area contributed by atoms with Crippen molar-refractivity contribution in [2.45, 2.75) is 38.1 Å². The summed E-state index contributed by atoms with van der Waals surface area (Å²) in [5.41, 5.74) is 1.64. The number of likely N-dealkylation sites (N-methyl/N-ethyl adjacent to an activating group) is 1. The third kappa shape index (κ3) is 4.44. The van der Waals surface area contributed by atoms with Gasteiger partial charge in [-0.25, -0.2) is 0 Å². The first-order valence-electron chi connectivity index (χ1n) is 10.6. The predicted molar refractivity (Wildman–Crippen MR) is 110 cm³/mol. The van der Waals surface area contributed by atoms with Gasteiger partial charge in [-0.2, -0.15) is 0 Å². The SMILES string of the molecule is CN1CCC(N2CC3(CCC2=O)CCN(CC=Cc2ccccc2)CC3)C1. The molecule has 0 bridgehead atoms. The molecule has 1 amide bonds. The molecule has 146 valence electrons. The monoisotopic (exact) mass is 367 g/mol. The average molecular weight is 368 g/mol. The van der Waals surface area contributed by atoms with Crippen LogP contribution in [0.2, 0.25) is 0 Å². The summed E-state index contributed by atoms with van der Waals surface area (Å²) in [6.45, 7) is 6.53. The molecule has 0 N–H and O–H groups in total.